The molecule has 0 atom stereocenters. The first-order valence-electron chi connectivity index (χ1n) is 8.61. The number of H-pyrrole nitrogens is 1. The van der Waals surface area contributed by atoms with Crippen LogP contribution in [0.25, 0.3) is 0 Å². The maximum Gasteiger partial charge on any atom is 0.264 e. The van der Waals surface area contributed by atoms with Crippen LogP contribution in [0.4, 0.5) is 0 Å². The fourth-order valence-electron chi connectivity index (χ4n) is 2.74. The van der Waals surface area contributed by atoms with E-state index in [0.29, 0.717) is 18.1 Å². The Morgan fingerprint density at radius 1 is 1.29 bits per heavy atom. The highest BCUT2D eigenvalue weighted by Crippen LogP contribution is 2.17. The Balaban J connectivity index is 1.91. The summed E-state index contributed by atoms with van der Waals surface area (Å²) in [7, 11) is 0. The van der Waals surface area contributed by atoms with Crippen molar-refractivity contribution in [3.8, 4) is 0 Å². The topological polar surface area (TPSA) is 90.1 Å². The number of carbonyl (C=O) groups excluding carboxylic acids is 1. The number of aromatic amines is 1. The molecule has 1 aromatic heterocycles. The van der Waals surface area contributed by atoms with Crippen molar-refractivity contribution in [3.63, 3.8) is 0 Å². The molecule has 7 heteroatoms. The second-order valence-corrected chi connectivity index (χ2v) is 7.33. The lowest BCUT2D eigenvalue weighted by Crippen LogP contribution is -2.44. The lowest BCUT2D eigenvalue weighted by molar-refractivity contribution is 0.0948. The van der Waals surface area contributed by atoms with Gasteiger partial charge in [-0.3, -0.25) is 9.59 Å². The molecular weight excluding hydrogens is 306 g/mol. The lowest BCUT2D eigenvalue weighted by Gasteiger charge is -2.27. The van der Waals surface area contributed by atoms with Crippen LogP contribution < -0.4 is 16.2 Å². The molecule has 1 saturated heterocycles. The molecule has 3 N–H and O–H groups in total. The first-order chi connectivity index (χ1) is 11.3. The van der Waals surface area contributed by atoms with Gasteiger partial charge in [0.2, 0.25) is 0 Å². The van der Waals surface area contributed by atoms with E-state index in [-0.39, 0.29) is 22.4 Å². The van der Waals surface area contributed by atoms with Crippen molar-refractivity contribution in [2.45, 2.75) is 39.5 Å². The minimum Gasteiger partial charge on any atom is -0.352 e. The summed E-state index contributed by atoms with van der Waals surface area (Å²) in [6, 6.07) is 0. The summed E-state index contributed by atoms with van der Waals surface area (Å²) in [5, 5.41) is 6.15. The zero-order valence-electron chi connectivity index (χ0n) is 15.2. The third-order valence-corrected chi connectivity index (χ3v) is 4.18. The molecule has 2 heterocycles. The third-order valence-electron chi connectivity index (χ3n) is 4.18. The van der Waals surface area contributed by atoms with Gasteiger partial charge in [0.25, 0.3) is 11.5 Å². The van der Waals surface area contributed by atoms with E-state index in [0.717, 1.165) is 39.1 Å². The first-order valence-corrected chi connectivity index (χ1v) is 8.61. The maximum atomic E-state index is 12.3. The standard InChI is InChI=1S/C17H29N5O2/c1-12-13(15(24)21-16(20-12)17(2,3)4)14(23)19-6-5-9-22-10-7-18-8-11-22/h18H,5-11H2,1-4H3,(H,19,23)(H,20,21,24). The SMILES string of the molecule is Cc1nc(C(C)(C)C)[nH]c(=O)c1C(=O)NCCCN1CCNCC1. The maximum absolute atomic E-state index is 12.3. The van der Waals surface area contributed by atoms with Crippen molar-refractivity contribution in [2.24, 2.45) is 0 Å². The summed E-state index contributed by atoms with van der Waals surface area (Å²) >= 11 is 0. The highest BCUT2D eigenvalue weighted by molar-refractivity contribution is 5.94. The van der Waals surface area contributed by atoms with Crippen molar-refractivity contribution in [1.82, 2.24) is 25.5 Å². The van der Waals surface area contributed by atoms with Crippen LogP contribution in [0.2, 0.25) is 0 Å². The minimum absolute atomic E-state index is 0.116. The second-order valence-electron chi connectivity index (χ2n) is 7.33. The first kappa shape index (κ1) is 18.6. The van der Waals surface area contributed by atoms with Gasteiger partial charge in [0.05, 0.1) is 5.69 Å². The van der Waals surface area contributed by atoms with Crippen LogP contribution >= 0.6 is 0 Å². The van der Waals surface area contributed by atoms with E-state index in [4.69, 9.17) is 0 Å². The molecule has 0 bridgehead atoms. The van der Waals surface area contributed by atoms with Crippen molar-refractivity contribution in [1.29, 1.82) is 0 Å². The van der Waals surface area contributed by atoms with E-state index >= 15 is 0 Å². The van der Waals surface area contributed by atoms with Crippen molar-refractivity contribution in [2.75, 3.05) is 39.3 Å². The van der Waals surface area contributed by atoms with Gasteiger partial charge in [-0.05, 0) is 19.9 Å². The van der Waals surface area contributed by atoms with Crippen LogP contribution in [0, 0.1) is 6.92 Å². The molecule has 1 aliphatic heterocycles. The summed E-state index contributed by atoms with van der Waals surface area (Å²) < 4.78 is 0. The molecule has 0 saturated carbocycles. The Kier molecular flexibility index (Phi) is 6.12. The summed E-state index contributed by atoms with van der Waals surface area (Å²) in [5.74, 6) is 0.252. The molecule has 0 radical (unpaired) electrons. The van der Waals surface area contributed by atoms with Crippen LogP contribution in [-0.2, 0) is 5.41 Å². The number of hydrogen-bond acceptors (Lipinski definition) is 5. The Bertz CT molecular complexity index is 627. The van der Waals surface area contributed by atoms with Gasteiger partial charge in [0.1, 0.15) is 11.4 Å². The Morgan fingerprint density at radius 3 is 2.54 bits per heavy atom. The summed E-state index contributed by atoms with van der Waals surface area (Å²) in [6.45, 7) is 13.3. The van der Waals surface area contributed by atoms with E-state index in [1.54, 1.807) is 6.92 Å². The van der Waals surface area contributed by atoms with Gasteiger partial charge in [-0.1, -0.05) is 20.8 Å². The fraction of sp³-hybridized carbons (Fsp3) is 0.706. The average molecular weight is 335 g/mol. The van der Waals surface area contributed by atoms with Crippen molar-refractivity contribution >= 4 is 5.91 Å². The highest BCUT2D eigenvalue weighted by atomic mass is 16.2. The molecule has 1 amide bonds. The number of nitrogens with one attached hydrogen (secondary N) is 3. The van der Waals surface area contributed by atoms with Crippen LogP contribution in [0.3, 0.4) is 0 Å². The number of carbonyl (C=O) groups is 1. The molecule has 1 aromatic rings. The summed E-state index contributed by atoms with van der Waals surface area (Å²) in [5.41, 5.74) is -0.0390. The van der Waals surface area contributed by atoms with Crippen LogP contribution in [0.1, 0.15) is 49.1 Å². The number of aromatic nitrogens is 2. The van der Waals surface area contributed by atoms with Crippen molar-refractivity contribution in [3.05, 3.63) is 27.4 Å². The van der Waals surface area contributed by atoms with E-state index < -0.39 is 0 Å². The van der Waals surface area contributed by atoms with Gasteiger partial charge in [-0.25, -0.2) is 4.98 Å². The number of piperazine rings is 1. The number of nitrogens with zero attached hydrogens (tertiary/aromatic N) is 2. The van der Waals surface area contributed by atoms with E-state index in [1.165, 1.54) is 0 Å². The predicted octanol–water partition coefficient (Wildman–Crippen LogP) is 0.401. The van der Waals surface area contributed by atoms with Crippen LogP contribution in [-0.4, -0.2) is 60.0 Å². The number of rotatable bonds is 5. The number of amides is 1. The zero-order chi connectivity index (χ0) is 17.7. The lowest BCUT2D eigenvalue weighted by atomic mass is 9.95. The summed E-state index contributed by atoms with van der Waals surface area (Å²) in [6.07, 6.45) is 0.871. The monoisotopic (exact) mass is 335 g/mol. The molecule has 24 heavy (non-hydrogen) atoms. The smallest absolute Gasteiger partial charge is 0.264 e. The molecule has 7 nitrogen and oxygen atoms in total. The molecule has 134 valence electrons. The number of hydrogen-bond donors (Lipinski definition) is 3. The van der Waals surface area contributed by atoms with Gasteiger partial charge < -0.3 is 20.5 Å². The van der Waals surface area contributed by atoms with Gasteiger partial charge >= 0.3 is 0 Å². The molecule has 2 rings (SSSR count). The van der Waals surface area contributed by atoms with Gasteiger partial charge in [-0.15, -0.1) is 0 Å². The highest BCUT2D eigenvalue weighted by Gasteiger charge is 2.22. The Hall–Kier alpha value is -1.73. The average Bonchev–Trinajstić information content (AvgIpc) is 2.51. The normalized spacial score (nSPS) is 16.2. The molecular formula is C17H29N5O2. The molecule has 0 spiro atoms. The van der Waals surface area contributed by atoms with Gasteiger partial charge in [0.15, 0.2) is 0 Å². The van der Waals surface area contributed by atoms with Gasteiger partial charge in [-0.2, -0.15) is 0 Å². The molecule has 0 aromatic carbocycles. The van der Waals surface area contributed by atoms with Crippen LogP contribution in [0.5, 0.6) is 0 Å². The molecule has 1 fully saturated rings. The largest absolute Gasteiger partial charge is 0.352 e. The summed E-state index contributed by atoms with van der Waals surface area (Å²) in [4.78, 5) is 34.1. The van der Waals surface area contributed by atoms with Crippen LogP contribution in [0.15, 0.2) is 4.79 Å². The molecule has 0 unspecified atom stereocenters. The molecule has 1 aliphatic rings. The quantitative estimate of drug-likeness (QED) is 0.678. The second kappa shape index (κ2) is 7.90. The fourth-order valence-corrected chi connectivity index (χ4v) is 2.74. The Morgan fingerprint density at radius 2 is 1.96 bits per heavy atom. The predicted molar refractivity (Wildman–Crippen MR) is 94.6 cm³/mol. The van der Waals surface area contributed by atoms with E-state index in [1.807, 2.05) is 20.8 Å². The van der Waals surface area contributed by atoms with E-state index in [2.05, 4.69) is 25.5 Å². The third kappa shape index (κ3) is 4.88. The molecule has 0 aliphatic carbocycles. The zero-order valence-corrected chi connectivity index (χ0v) is 15.2. The van der Waals surface area contributed by atoms with Gasteiger partial charge in [0, 0.05) is 38.1 Å². The minimum atomic E-state index is -0.368. The van der Waals surface area contributed by atoms with Crippen molar-refractivity contribution < 1.29 is 4.79 Å². The Labute approximate surface area is 143 Å². The number of aryl methyl sites for hydroxylation is 1. The van der Waals surface area contributed by atoms with E-state index in [9.17, 15) is 9.59 Å².